The number of fused-ring (bicyclic) bond motifs is 1. The van der Waals surface area contributed by atoms with Crippen LogP contribution in [0.2, 0.25) is 5.15 Å². The highest BCUT2D eigenvalue weighted by Crippen LogP contribution is 2.38. The second kappa shape index (κ2) is 11.8. The number of carbonyl (C=O) groups excluding carboxylic acids is 1. The number of nitrogens with one attached hydrogen (secondary N) is 1. The van der Waals surface area contributed by atoms with Gasteiger partial charge >= 0.3 is 6.09 Å². The van der Waals surface area contributed by atoms with Crippen molar-refractivity contribution in [3.8, 4) is 5.75 Å². The zero-order valence-corrected chi connectivity index (χ0v) is 22.9. The number of benzene rings is 2. The molecule has 2 aliphatic rings. The first-order valence-corrected chi connectivity index (χ1v) is 13.9. The monoisotopic (exact) mass is 579 g/mol. The highest BCUT2D eigenvalue weighted by molar-refractivity contribution is 6.29. The maximum Gasteiger partial charge on any atom is 0.410 e. The van der Waals surface area contributed by atoms with Crippen molar-refractivity contribution in [1.29, 1.82) is 0 Å². The van der Waals surface area contributed by atoms with E-state index in [-0.39, 0.29) is 29.5 Å². The third kappa shape index (κ3) is 6.18. The van der Waals surface area contributed by atoms with E-state index in [0.717, 1.165) is 18.2 Å². The summed E-state index contributed by atoms with van der Waals surface area (Å²) in [6.45, 7) is 1.74. The number of likely N-dealkylation sites (tertiary alicyclic amines) is 1. The normalized spacial score (nSPS) is 19.8. The summed E-state index contributed by atoms with van der Waals surface area (Å²) in [6, 6.07) is 16.9. The van der Waals surface area contributed by atoms with Crippen molar-refractivity contribution in [1.82, 2.24) is 19.9 Å². The summed E-state index contributed by atoms with van der Waals surface area (Å²) in [5.74, 6) is -0.382. The predicted octanol–water partition coefficient (Wildman–Crippen LogP) is 6.52. The Labute approximate surface area is 240 Å². The quantitative estimate of drug-likeness (QED) is 0.179. The molecule has 2 aromatic carbocycles. The summed E-state index contributed by atoms with van der Waals surface area (Å²) in [5.41, 5.74) is 5.73. The minimum atomic E-state index is -0.520. The van der Waals surface area contributed by atoms with Gasteiger partial charge in [-0.1, -0.05) is 41.9 Å². The third-order valence-corrected chi connectivity index (χ3v) is 7.55. The Morgan fingerprint density at radius 3 is 2.83 bits per heavy atom. The molecular weight excluding hydrogens is 552 g/mol. The lowest BCUT2D eigenvalue weighted by Crippen LogP contribution is -2.31. The van der Waals surface area contributed by atoms with Crippen LogP contribution in [0, 0.1) is 11.6 Å². The number of ether oxygens (including phenoxy) is 2. The number of pyridine rings is 2. The number of hydrogen-bond acceptors (Lipinski definition) is 7. The van der Waals surface area contributed by atoms with Crippen molar-refractivity contribution < 1.29 is 23.0 Å². The smallest absolute Gasteiger partial charge is 0.410 e. The van der Waals surface area contributed by atoms with Crippen LogP contribution in [0.1, 0.15) is 36.4 Å². The number of rotatable bonds is 9. The van der Waals surface area contributed by atoms with Crippen molar-refractivity contribution in [3.05, 3.63) is 94.8 Å². The SMILES string of the molecule is O=C(OCc1ccccc1)N1CCC[C@@H]1c1cc(F)ccc1OCC[C@@H]1CN1Nc1c(F)cnc2ccc(Cl)nc12. The molecule has 8 nitrogen and oxygen atoms in total. The van der Waals surface area contributed by atoms with E-state index in [4.69, 9.17) is 21.1 Å². The molecule has 0 spiro atoms. The summed E-state index contributed by atoms with van der Waals surface area (Å²) in [7, 11) is 0. The zero-order chi connectivity index (χ0) is 28.3. The minimum Gasteiger partial charge on any atom is -0.493 e. The zero-order valence-electron chi connectivity index (χ0n) is 22.1. The molecule has 2 aliphatic heterocycles. The van der Waals surface area contributed by atoms with E-state index in [2.05, 4.69) is 15.4 Å². The predicted molar refractivity (Wildman–Crippen MR) is 150 cm³/mol. The summed E-state index contributed by atoms with van der Waals surface area (Å²) < 4.78 is 40.6. The first-order chi connectivity index (χ1) is 20.0. The van der Waals surface area contributed by atoms with Crippen LogP contribution in [0.3, 0.4) is 0 Å². The number of carbonyl (C=O) groups is 1. The molecule has 0 aliphatic carbocycles. The first kappa shape index (κ1) is 27.2. The number of aromatic nitrogens is 2. The molecular formula is C30H28ClF2N5O3. The highest BCUT2D eigenvalue weighted by Gasteiger charge is 2.36. The molecule has 2 fully saturated rings. The topological polar surface area (TPSA) is 79.6 Å². The highest BCUT2D eigenvalue weighted by atomic mass is 35.5. The summed E-state index contributed by atoms with van der Waals surface area (Å²) >= 11 is 6.02. The molecule has 41 heavy (non-hydrogen) atoms. The molecule has 0 bridgehead atoms. The van der Waals surface area contributed by atoms with E-state index >= 15 is 0 Å². The second-order valence-electron chi connectivity index (χ2n) is 10.1. The van der Waals surface area contributed by atoms with Crippen LogP contribution < -0.4 is 10.2 Å². The Balaban J connectivity index is 1.07. The van der Waals surface area contributed by atoms with E-state index in [9.17, 15) is 13.6 Å². The fourth-order valence-electron chi connectivity index (χ4n) is 5.16. The fourth-order valence-corrected chi connectivity index (χ4v) is 5.31. The van der Waals surface area contributed by atoms with Gasteiger partial charge < -0.3 is 19.8 Å². The molecule has 11 heteroatoms. The van der Waals surface area contributed by atoms with Crippen LogP contribution in [-0.2, 0) is 11.3 Å². The molecule has 1 amide bonds. The van der Waals surface area contributed by atoms with Gasteiger partial charge in [0.1, 0.15) is 34.5 Å². The van der Waals surface area contributed by atoms with Gasteiger partial charge in [0.15, 0.2) is 5.82 Å². The lowest BCUT2D eigenvalue weighted by molar-refractivity contribution is 0.0915. The Bertz CT molecular complexity index is 1560. The molecule has 3 atom stereocenters. The van der Waals surface area contributed by atoms with Gasteiger partial charge in [-0.3, -0.25) is 4.98 Å². The van der Waals surface area contributed by atoms with Crippen molar-refractivity contribution in [2.24, 2.45) is 0 Å². The number of anilines is 1. The molecule has 1 N–H and O–H groups in total. The van der Waals surface area contributed by atoms with Crippen LogP contribution >= 0.6 is 11.6 Å². The Morgan fingerprint density at radius 2 is 1.98 bits per heavy atom. The third-order valence-electron chi connectivity index (χ3n) is 7.33. The molecule has 4 aromatic rings. The van der Waals surface area contributed by atoms with Crippen LogP contribution in [0.5, 0.6) is 5.75 Å². The molecule has 0 saturated carbocycles. The van der Waals surface area contributed by atoms with E-state index in [1.54, 1.807) is 23.1 Å². The summed E-state index contributed by atoms with van der Waals surface area (Å²) in [4.78, 5) is 22.9. The van der Waals surface area contributed by atoms with Gasteiger partial charge in [0.25, 0.3) is 0 Å². The number of hydrogen-bond donors (Lipinski definition) is 1. The van der Waals surface area contributed by atoms with Crippen molar-refractivity contribution in [2.45, 2.75) is 38.0 Å². The van der Waals surface area contributed by atoms with E-state index in [1.165, 1.54) is 12.1 Å². The number of amides is 1. The molecule has 2 aromatic heterocycles. The van der Waals surface area contributed by atoms with Gasteiger partial charge in [0.2, 0.25) is 0 Å². The first-order valence-electron chi connectivity index (χ1n) is 13.5. The van der Waals surface area contributed by atoms with Gasteiger partial charge in [0.05, 0.1) is 24.4 Å². The van der Waals surface area contributed by atoms with Gasteiger partial charge in [-0.2, -0.15) is 0 Å². The average molecular weight is 580 g/mol. The lowest BCUT2D eigenvalue weighted by atomic mass is 10.0. The van der Waals surface area contributed by atoms with Crippen LogP contribution in [0.25, 0.3) is 11.0 Å². The van der Waals surface area contributed by atoms with Crippen molar-refractivity contribution in [3.63, 3.8) is 0 Å². The number of halogens is 3. The van der Waals surface area contributed by atoms with Gasteiger partial charge in [-0.15, -0.1) is 0 Å². The van der Waals surface area contributed by atoms with Crippen molar-refractivity contribution in [2.75, 3.05) is 25.1 Å². The van der Waals surface area contributed by atoms with Crippen LogP contribution in [0.15, 0.2) is 66.9 Å². The maximum atomic E-state index is 14.6. The van der Waals surface area contributed by atoms with E-state index in [0.29, 0.717) is 54.9 Å². The Hall–Kier alpha value is -4.02. The number of hydrazine groups is 1. The standard InChI is InChI=1S/C30H28ClF2N5O3/c31-27-11-9-24-29(35-27)28(23(33)16-34-24)36-38-17-21(38)12-14-40-26-10-8-20(32)15-22(26)25-7-4-13-37(25)30(39)41-18-19-5-2-1-3-6-19/h1-3,5-6,8-11,15-16,21,25H,4,7,12-14,17-18H2,(H,34,36)/t21-,25-,38?/m1/s1. The molecule has 0 radical (unpaired) electrons. The van der Waals surface area contributed by atoms with Crippen LogP contribution in [0.4, 0.5) is 19.3 Å². The van der Waals surface area contributed by atoms with Gasteiger partial charge in [0, 0.05) is 31.1 Å². The summed E-state index contributed by atoms with van der Waals surface area (Å²) in [6.07, 6.45) is 2.84. The van der Waals surface area contributed by atoms with Gasteiger partial charge in [-0.05, 0) is 48.7 Å². The fraction of sp³-hybridized carbons (Fsp3) is 0.300. The van der Waals surface area contributed by atoms with E-state index < -0.39 is 17.7 Å². The molecule has 2 saturated heterocycles. The molecule has 6 rings (SSSR count). The van der Waals surface area contributed by atoms with Crippen molar-refractivity contribution >= 4 is 34.4 Å². The Morgan fingerprint density at radius 1 is 1.12 bits per heavy atom. The largest absolute Gasteiger partial charge is 0.493 e. The lowest BCUT2D eigenvalue weighted by Gasteiger charge is -2.26. The minimum absolute atomic E-state index is 0.108. The number of nitrogens with zero attached hydrogens (tertiary/aromatic N) is 4. The summed E-state index contributed by atoms with van der Waals surface area (Å²) in [5, 5.41) is 2.14. The molecule has 4 heterocycles. The second-order valence-corrected chi connectivity index (χ2v) is 10.5. The maximum absolute atomic E-state index is 14.6. The van der Waals surface area contributed by atoms with Gasteiger partial charge in [-0.25, -0.2) is 23.6 Å². The van der Waals surface area contributed by atoms with E-state index in [1.807, 2.05) is 35.3 Å². The average Bonchev–Trinajstić information content (AvgIpc) is 3.52. The van der Waals surface area contributed by atoms with Crippen LogP contribution in [-0.4, -0.2) is 51.7 Å². The Kier molecular flexibility index (Phi) is 7.84. The molecule has 1 unspecified atom stereocenters. The molecule has 212 valence electrons.